The van der Waals surface area contributed by atoms with E-state index < -0.39 is 99.9 Å². The van der Waals surface area contributed by atoms with E-state index >= 15 is 0 Å². The van der Waals surface area contributed by atoms with Gasteiger partial charge in [-0.3, -0.25) is 19.2 Å². The molecular weight excluding hydrogens is 897 g/mol. The fourth-order valence-electron chi connectivity index (χ4n) is 9.57. The fourth-order valence-corrected chi connectivity index (χ4v) is 9.57. The number of aromatic hydroxyl groups is 1. The molecule has 370 valence electrons. The van der Waals surface area contributed by atoms with Gasteiger partial charge >= 0.3 is 17.8 Å². The molecule has 3 aromatic carbocycles. The van der Waals surface area contributed by atoms with Crippen LogP contribution >= 0.6 is 0 Å². The van der Waals surface area contributed by atoms with Crippen LogP contribution in [0.1, 0.15) is 66.9 Å². The van der Waals surface area contributed by atoms with Gasteiger partial charge in [-0.1, -0.05) is 45.9 Å². The molecule has 0 saturated carbocycles. The molecule has 5 bridgehead atoms. The number of carbonyl (C=O) groups is 3. The van der Waals surface area contributed by atoms with Gasteiger partial charge in [0.25, 0.3) is 5.91 Å². The van der Waals surface area contributed by atoms with Gasteiger partial charge in [0.2, 0.25) is 10.9 Å². The number of piperidine rings is 1. The van der Waals surface area contributed by atoms with E-state index in [1.54, 1.807) is 45.9 Å². The molecule has 19 heteroatoms. The Bertz CT molecular complexity index is 2980. The lowest BCUT2D eigenvalue weighted by Crippen LogP contribution is -2.46. The van der Waals surface area contributed by atoms with Gasteiger partial charge in [-0.15, -0.1) is 0 Å². The van der Waals surface area contributed by atoms with Crippen molar-refractivity contribution in [1.29, 1.82) is 0 Å². The number of hydrogen-bond donors (Lipinski definition) is 6. The summed E-state index contributed by atoms with van der Waals surface area (Å²) in [5, 5.41) is 51.9. The summed E-state index contributed by atoms with van der Waals surface area (Å²) in [6, 6.07) is 2.83. The maximum Gasteiger partial charge on any atom is 0.407 e. The number of rotatable bonds is 4. The van der Waals surface area contributed by atoms with E-state index in [2.05, 4.69) is 10.6 Å². The average molecular weight is 957 g/mol. The molecule has 9 atom stereocenters. The van der Waals surface area contributed by atoms with E-state index in [-0.39, 0.29) is 61.1 Å². The number of aromatic nitrogens is 1. The summed E-state index contributed by atoms with van der Waals surface area (Å²) in [6.45, 7) is 13.4. The number of methoxy groups -OCH3 is 2. The first-order chi connectivity index (χ1) is 32.6. The molecule has 1 fully saturated rings. The molecular formula is C50H60N4O15. The number of aliphatic hydroxyl groups excluding tert-OH is 3. The number of amides is 2. The number of esters is 1. The molecule has 4 aromatic rings. The number of aliphatic hydroxyl groups is 3. The van der Waals surface area contributed by atoms with E-state index in [0.29, 0.717) is 31.6 Å². The van der Waals surface area contributed by atoms with E-state index in [0.717, 1.165) is 0 Å². The highest BCUT2D eigenvalue weighted by molar-refractivity contribution is 6.17. The first-order valence-corrected chi connectivity index (χ1v) is 22.8. The Morgan fingerprint density at radius 1 is 0.942 bits per heavy atom. The second-order valence-corrected chi connectivity index (χ2v) is 18.4. The number of fused-ring (bicyclic) bond motifs is 5. The minimum Gasteiger partial charge on any atom is -0.507 e. The number of benzene rings is 3. The molecule has 1 saturated heterocycles. The van der Waals surface area contributed by atoms with Crippen molar-refractivity contribution >= 4 is 68.1 Å². The summed E-state index contributed by atoms with van der Waals surface area (Å²) in [4.78, 5) is 73.9. The smallest absolute Gasteiger partial charge is 0.407 e. The van der Waals surface area contributed by atoms with Crippen molar-refractivity contribution in [2.45, 2.75) is 104 Å². The van der Waals surface area contributed by atoms with E-state index in [4.69, 9.17) is 33.1 Å². The summed E-state index contributed by atoms with van der Waals surface area (Å²) in [6.07, 6.45) is 3.96. The molecule has 69 heavy (non-hydrogen) atoms. The van der Waals surface area contributed by atoms with Gasteiger partial charge in [0.1, 0.15) is 28.8 Å². The normalized spacial score (nSPS) is 29.0. The van der Waals surface area contributed by atoms with Crippen LogP contribution in [-0.4, -0.2) is 107 Å². The van der Waals surface area contributed by atoms with Gasteiger partial charge in [0.15, 0.2) is 22.4 Å². The largest absolute Gasteiger partial charge is 0.507 e. The van der Waals surface area contributed by atoms with Crippen LogP contribution in [0.15, 0.2) is 62.3 Å². The summed E-state index contributed by atoms with van der Waals surface area (Å²) in [5.74, 6) is -7.15. The number of hydrogen-bond acceptors (Lipinski definition) is 17. The first-order valence-electron chi connectivity index (χ1n) is 22.8. The third-order valence-corrected chi connectivity index (χ3v) is 13.8. The molecule has 2 amide bonds. The summed E-state index contributed by atoms with van der Waals surface area (Å²) in [5.41, 5.74) is -1.90. The van der Waals surface area contributed by atoms with Gasteiger partial charge in [-0.05, 0) is 32.8 Å². The van der Waals surface area contributed by atoms with Gasteiger partial charge in [-0.2, -0.15) is 0 Å². The van der Waals surface area contributed by atoms with Crippen molar-refractivity contribution in [3.63, 3.8) is 0 Å². The predicted octanol–water partition coefficient (Wildman–Crippen LogP) is 4.88. The highest BCUT2D eigenvalue weighted by Gasteiger charge is 2.44. The van der Waals surface area contributed by atoms with Crippen molar-refractivity contribution < 1.29 is 62.9 Å². The molecule has 6 N–H and O–H groups in total. The zero-order valence-electron chi connectivity index (χ0n) is 40.2. The predicted molar refractivity (Wildman–Crippen MR) is 256 cm³/mol. The summed E-state index contributed by atoms with van der Waals surface area (Å²) in [7, 11) is 2.72. The lowest BCUT2D eigenvalue weighted by molar-refractivity contribution is -0.160. The molecule has 3 aliphatic heterocycles. The van der Waals surface area contributed by atoms with E-state index in [1.165, 1.54) is 66.4 Å². The lowest BCUT2D eigenvalue weighted by atomic mass is 9.78. The van der Waals surface area contributed by atoms with Crippen molar-refractivity contribution in [2.24, 2.45) is 23.7 Å². The van der Waals surface area contributed by atoms with Gasteiger partial charge in [0, 0.05) is 98.1 Å². The zero-order chi connectivity index (χ0) is 50.4. The van der Waals surface area contributed by atoms with Crippen LogP contribution in [0, 0.1) is 30.6 Å². The van der Waals surface area contributed by atoms with Gasteiger partial charge in [-0.25, -0.2) is 9.78 Å². The first kappa shape index (κ1) is 50.2. The monoisotopic (exact) mass is 956 g/mol. The van der Waals surface area contributed by atoms with E-state index in [9.17, 15) is 44.4 Å². The second-order valence-electron chi connectivity index (χ2n) is 18.4. The number of ether oxygens (including phenoxy) is 5. The van der Waals surface area contributed by atoms with Gasteiger partial charge < -0.3 is 64.1 Å². The molecule has 0 spiro atoms. The quantitative estimate of drug-likeness (QED) is 0.0904. The number of phenolic OH excluding ortho intramolecular Hbond substituents is 1. The number of nitrogens with zero attached hydrogens (tertiary/aromatic N) is 2. The molecule has 19 nitrogen and oxygen atoms in total. The molecule has 3 aliphatic rings. The van der Waals surface area contributed by atoms with Crippen molar-refractivity contribution in [3.05, 3.63) is 79.5 Å². The maximum atomic E-state index is 14.9. The Morgan fingerprint density at radius 3 is 2.29 bits per heavy atom. The zero-order valence-corrected chi connectivity index (χ0v) is 40.2. The minimum absolute atomic E-state index is 0.0314. The standard InChI is InChI=1S/C50H60N4O15/c1-22-12-11-13-23(2)48(62)53-39-43(60)35-34(38-46(39)68-33-21-30(20-31(56)37(33)52-38)54-17-14-29(15-18-54)51-49(63)65-10)36-45(27(6)42(35)59)69-50(8,47(36)61)66-19-16-32(64-9)24(3)44(67-28(7)55)26(5)41(58)25(4)40(22)57/h11-13,16,19-22,24-26,29,32,40-41,44,57-59,61H,14-15,17-18H2,1-10H3,(H,51,63)(H,53,62)/b12-11+,19-16+,23-13-/t22-,24+,25+,26+,32-,40-,41+,44+,50-/m0/s1. The topological polar surface area (TPSA) is 266 Å². The Kier molecular flexibility index (Phi) is 14.3. The molecule has 1 aromatic heterocycles. The lowest BCUT2D eigenvalue weighted by Gasteiger charge is -2.38. The minimum atomic E-state index is -2.01. The number of allylic oxidation sites excluding steroid dienone is 2. The fraction of sp³-hybridized carbons (Fsp3) is 0.480. The summed E-state index contributed by atoms with van der Waals surface area (Å²) >= 11 is 0. The van der Waals surface area contributed by atoms with Crippen LogP contribution in [0.2, 0.25) is 0 Å². The van der Waals surface area contributed by atoms with Crippen LogP contribution in [-0.2, 0) is 28.5 Å². The van der Waals surface area contributed by atoms with Crippen molar-refractivity contribution in [3.8, 4) is 11.5 Å². The van der Waals surface area contributed by atoms with Gasteiger partial charge in [0.05, 0.1) is 42.3 Å². The highest BCUT2D eigenvalue weighted by Crippen LogP contribution is 2.42. The average Bonchev–Trinajstić information content (AvgIpc) is 3.59. The second kappa shape index (κ2) is 19.7. The molecule has 4 heterocycles. The molecule has 0 unspecified atom stereocenters. The summed E-state index contributed by atoms with van der Waals surface area (Å²) < 4.78 is 35.2. The van der Waals surface area contributed by atoms with E-state index in [1.807, 2.05) is 4.90 Å². The Labute approximate surface area is 397 Å². The van der Waals surface area contributed by atoms with Crippen LogP contribution in [0.4, 0.5) is 16.2 Å². The third-order valence-electron chi connectivity index (χ3n) is 13.8. The van der Waals surface area contributed by atoms with Crippen LogP contribution in [0.25, 0.3) is 38.7 Å². The Balaban J connectivity index is 1.45. The molecule has 0 aliphatic carbocycles. The Morgan fingerprint density at radius 2 is 1.64 bits per heavy atom. The van der Waals surface area contributed by atoms with Crippen molar-refractivity contribution in [2.75, 3.05) is 37.5 Å². The third kappa shape index (κ3) is 9.42. The molecule has 0 radical (unpaired) electrons. The van der Waals surface area contributed by atoms with Crippen LogP contribution < -0.4 is 36.3 Å². The van der Waals surface area contributed by atoms with Crippen molar-refractivity contribution in [1.82, 2.24) is 10.3 Å². The van der Waals surface area contributed by atoms with Crippen LogP contribution in [0.5, 0.6) is 11.5 Å². The number of anilines is 2. The Hall–Kier alpha value is -6.70. The number of phenols is 1. The SMILES string of the molecule is COC(=O)NC1CCN(c2cc(=O)c3nc4c(oc3c2)c2c(=O)c3c(O)c(C)c5c(c34)=C(O)[C@@](C)(O/C=C/[C@H](OC)[C@@H](C)[C@@H](OC(C)=O)[C@H](C)[C@H](O)[C@H](C)[C@@H](O)[C@@H](C)/C=C/C=C(/C)C(=O)N2)O5)CC1. The molecule has 7 rings (SSSR count). The number of nitrogens with one attached hydrogen (secondary N) is 2. The van der Waals surface area contributed by atoms with Crippen LogP contribution in [0.3, 0.4) is 0 Å². The highest BCUT2D eigenvalue weighted by atomic mass is 16.7. The maximum absolute atomic E-state index is 14.9. The number of carbonyl (C=O) groups excluding carboxylic acids is 3. The number of alkyl carbamates (subject to hydrolysis) is 1.